The molecular weight excluding hydrogens is 332 g/mol. The number of nitrogen functional groups attached to an aromatic ring is 1. The average molecular weight is 346 g/mol. The van der Waals surface area contributed by atoms with E-state index >= 15 is 0 Å². The monoisotopic (exact) mass is 346 g/mol. The van der Waals surface area contributed by atoms with Crippen LogP contribution in [0.4, 0.5) is 5.82 Å². The summed E-state index contributed by atoms with van der Waals surface area (Å²) in [6.45, 7) is -0.504. The molecule has 0 bridgehead atoms. The van der Waals surface area contributed by atoms with Gasteiger partial charge in [-0.15, -0.1) is 15.0 Å². The lowest BCUT2D eigenvalue weighted by atomic mass is 10.1. The molecule has 12 nitrogen and oxygen atoms in total. The van der Waals surface area contributed by atoms with Gasteiger partial charge in [-0.2, -0.15) is 9.97 Å². The van der Waals surface area contributed by atoms with Crippen molar-refractivity contribution in [2.45, 2.75) is 29.7 Å². The molecule has 5 N–H and O–H groups in total. The highest BCUT2D eigenvalue weighted by molar-refractivity contribution is 7.90. The minimum absolute atomic E-state index is 0.0233. The van der Waals surface area contributed by atoms with E-state index in [4.69, 9.17) is 15.6 Å². The highest BCUT2D eigenvalue weighted by atomic mass is 32.2. The number of sulfone groups is 1. The molecule has 3 heterocycles. The van der Waals surface area contributed by atoms with Gasteiger partial charge in [0, 0.05) is 6.26 Å². The minimum Gasteiger partial charge on any atom is -0.394 e. The quantitative estimate of drug-likeness (QED) is 0.410. The molecule has 4 atom stereocenters. The van der Waals surface area contributed by atoms with Crippen LogP contribution in [0.1, 0.15) is 6.23 Å². The third-order valence-corrected chi connectivity index (χ3v) is 4.19. The number of rotatable bonds is 3. The van der Waals surface area contributed by atoms with E-state index in [1.807, 2.05) is 0 Å². The van der Waals surface area contributed by atoms with Crippen molar-refractivity contribution < 1.29 is 28.5 Å². The predicted molar refractivity (Wildman–Crippen MR) is 73.6 cm³/mol. The van der Waals surface area contributed by atoms with Crippen LogP contribution in [-0.4, -0.2) is 79.9 Å². The van der Waals surface area contributed by atoms with Crippen LogP contribution in [0.5, 0.6) is 0 Å². The third-order valence-electron chi connectivity index (χ3n) is 3.35. The molecule has 126 valence electrons. The van der Waals surface area contributed by atoms with Crippen LogP contribution in [-0.2, 0) is 14.6 Å². The van der Waals surface area contributed by atoms with E-state index in [1.165, 1.54) is 0 Å². The van der Waals surface area contributed by atoms with Crippen molar-refractivity contribution in [1.82, 2.24) is 25.0 Å². The Kier molecular flexibility index (Phi) is 3.68. The molecule has 0 aliphatic carbocycles. The summed E-state index contributed by atoms with van der Waals surface area (Å²) in [7, 11) is -3.69. The first-order chi connectivity index (χ1) is 10.7. The van der Waals surface area contributed by atoms with E-state index in [9.17, 15) is 18.6 Å². The number of ether oxygens (including phenoxy) is 1. The van der Waals surface area contributed by atoms with Gasteiger partial charge in [-0.3, -0.25) is 0 Å². The van der Waals surface area contributed by atoms with Gasteiger partial charge < -0.3 is 25.8 Å². The number of aliphatic hydroxyl groups excluding tert-OH is 3. The van der Waals surface area contributed by atoms with Crippen molar-refractivity contribution in [1.29, 1.82) is 0 Å². The predicted octanol–water partition coefficient (Wildman–Crippen LogP) is -3.18. The van der Waals surface area contributed by atoms with Gasteiger partial charge in [-0.1, -0.05) is 0 Å². The summed E-state index contributed by atoms with van der Waals surface area (Å²) in [6, 6.07) is 0. The summed E-state index contributed by atoms with van der Waals surface area (Å²) in [5, 5.41) is 36.1. The SMILES string of the molecule is CS(=O)(=O)c1nc(N)c2nn(C3OC(CO)C(O)C3O)nc2n1. The number of nitrogens with two attached hydrogens (primary N) is 1. The first-order valence-corrected chi connectivity index (χ1v) is 8.34. The second-order valence-electron chi connectivity index (χ2n) is 5.09. The number of aliphatic hydroxyl groups is 3. The van der Waals surface area contributed by atoms with Gasteiger partial charge in [0.2, 0.25) is 15.5 Å². The van der Waals surface area contributed by atoms with Crippen LogP contribution in [0.2, 0.25) is 0 Å². The summed E-state index contributed by atoms with van der Waals surface area (Å²) in [4.78, 5) is 8.32. The molecule has 13 heteroatoms. The minimum atomic E-state index is -3.69. The van der Waals surface area contributed by atoms with Crippen LogP contribution in [0.3, 0.4) is 0 Å². The van der Waals surface area contributed by atoms with Gasteiger partial charge in [0.25, 0.3) is 5.16 Å². The van der Waals surface area contributed by atoms with Crippen molar-refractivity contribution in [3.8, 4) is 0 Å². The maximum absolute atomic E-state index is 11.5. The van der Waals surface area contributed by atoms with E-state index in [0.717, 1.165) is 11.1 Å². The van der Waals surface area contributed by atoms with Gasteiger partial charge in [-0.05, 0) is 0 Å². The topological polar surface area (TPSA) is 187 Å². The zero-order valence-corrected chi connectivity index (χ0v) is 12.6. The van der Waals surface area contributed by atoms with E-state index in [0.29, 0.717) is 0 Å². The second kappa shape index (κ2) is 5.31. The van der Waals surface area contributed by atoms with Crippen molar-refractivity contribution in [3.63, 3.8) is 0 Å². The lowest BCUT2D eigenvalue weighted by Gasteiger charge is -2.12. The highest BCUT2D eigenvalue weighted by Gasteiger charge is 2.44. The molecule has 1 aliphatic heterocycles. The lowest BCUT2D eigenvalue weighted by Crippen LogP contribution is -2.33. The van der Waals surface area contributed by atoms with Crippen LogP contribution in [0, 0.1) is 0 Å². The van der Waals surface area contributed by atoms with Gasteiger partial charge in [0.05, 0.1) is 6.61 Å². The van der Waals surface area contributed by atoms with Crippen LogP contribution in [0.15, 0.2) is 5.16 Å². The van der Waals surface area contributed by atoms with E-state index < -0.39 is 46.1 Å². The number of nitrogens with zero attached hydrogens (tertiary/aromatic N) is 5. The molecular formula is C10H14N6O6S. The summed E-state index contributed by atoms with van der Waals surface area (Å²) >= 11 is 0. The summed E-state index contributed by atoms with van der Waals surface area (Å²) < 4.78 is 28.3. The molecule has 1 fully saturated rings. The molecule has 4 unspecified atom stereocenters. The Hall–Kier alpha value is -1.93. The molecule has 0 radical (unpaired) electrons. The fourth-order valence-electron chi connectivity index (χ4n) is 2.18. The average Bonchev–Trinajstić information content (AvgIpc) is 3.01. The van der Waals surface area contributed by atoms with Crippen LogP contribution < -0.4 is 5.73 Å². The molecule has 0 aromatic carbocycles. The number of aromatic nitrogens is 5. The molecule has 0 saturated carbocycles. The molecule has 0 spiro atoms. The molecule has 23 heavy (non-hydrogen) atoms. The van der Waals surface area contributed by atoms with Crippen LogP contribution >= 0.6 is 0 Å². The maximum atomic E-state index is 11.5. The zero-order chi connectivity index (χ0) is 16.9. The molecule has 1 aliphatic rings. The Balaban J connectivity index is 2.06. The Morgan fingerprint density at radius 3 is 2.52 bits per heavy atom. The Labute approximate surface area is 129 Å². The van der Waals surface area contributed by atoms with Crippen molar-refractivity contribution in [2.75, 3.05) is 18.6 Å². The normalized spacial score (nSPS) is 28.5. The Bertz CT molecular complexity index is 853. The first-order valence-electron chi connectivity index (χ1n) is 6.45. The molecule has 2 aromatic rings. The number of hydrogen-bond donors (Lipinski definition) is 4. The Morgan fingerprint density at radius 2 is 1.96 bits per heavy atom. The van der Waals surface area contributed by atoms with E-state index in [-0.39, 0.29) is 17.0 Å². The van der Waals surface area contributed by atoms with Gasteiger partial charge in [0.1, 0.15) is 18.3 Å². The second-order valence-corrected chi connectivity index (χ2v) is 6.99. The molecule has 1 saturated heterocycles. The lowest BCUT2D eigenvalue weighted by molar-refractivity contribution is -0.0650. The highest BCUT2D eigenvalue weighted by Crippen LogP contribution is 2.29. The number of hydrogen-bond acceptors (Lipinski definition) is 11. The fourth-order valence-corrected chi connectivity index (χ4v) is 2.69. The smallest absolute Gasteiger partial charge is 0.250 e. The van der Waals surface area contributed by atoms with E-state index in [2.05, 4.69) is 20.2 Å². The Morgan fingerprint density at radius 1 is 1.26 bits per heavy atom. The van der Waals surface area contributed by atoms with Crippen LogP contribution in [0.25, 0.3) is 11.2 Å². The van der Waals surface area contributed by atoms with E-state index in [1.54, 1.807) is 0 Å². The summed E-state index contributed by atoms with van der Waals surface area (Å²) in [6.07, 6.45) is -3.98. The summed E-state index contributed by atoms with van der Waals surface area (Å²) in [5.74, 6) is -0.201. The summed E-state index contributed by atoms with van der Waals surface area (Å²) in [5.41, 5.74) is 5.58. The maximum Gasteiger partial charge on any atom is 0.250 e. The number of fused-ring (bicyclic) bond motifs is 1. The van der Waals surface area contributed by atoms with Crippen molar-refractivity contribution in [2.24, 2.45) is 0 Å². The fraction of sp³-hybridized carbons (Fsp3) is 0.600. The zero-order valence-electron chi connectivity index (χ0n) is 11.8. The molecule has 3 rings (SSSR count). The number of anilines is 1. The standard InChI is InChI=1S/C10H14N6O6S/c1-23(20,21)10-12-7(11)4-8(13-10)15-16(14-4)9-6(19)5(18)3(2-17)22-9/h3,5-6,9,17-19H,2H2,1H3,(H2,11,12,13,15). The van der Waals surface area contributed by atoms with Gasteiger partial charge in [-0.25, -0.2) is 8.42 Å². The first kappa shape index (κ1) is 15.9. The van der Waals surface area contributed by atoms with Gasteiger partial charge >= 0.3 is 0 Å². The van der Waals surface area contributed by atoms with Crippen molar-refractivity contribution >= 4 is 26.8 Å². The van der Waals surface area contributed by atoms with Gasteiger partial charge in [0.15, 0.2) is 17.6 Å². The molecule has 2 aromatic heterocycles. The van der Waals surface area contributed by atoms with Crippen molar-refractivity contribution in [3.05, 3.63) is 0 Å². The molecule has 0 amide bonds. The third kappa shape index (κ3) is 2.61. The largest absolute Gasteiger partial charge is 0.394 e.